The lowest BCUT2D eigenvalue weighted by Crippen LogP contribution is -2.46. The quantitative estimate of drug-likeness (QED) is 0.536. The fraction of sp³-hybridized carbons (Fsp3) is 0.480. The largest absolute Gasteiger partial charge is 0.489 e. The van der Waals surface area contributed by atoms with Crippen molar-refractivity contribution < 1.29 is 13.9 Å². The van der Waals surface area contributed by atoms with E-state index in [0.717, 1.165) is 37.1 Å². The van der Waals surface area contributed by atoms with Gasteiger partial charge in [0.05, 0.1) is 35.6 Å². The zero-order valence-electron chi connectivity index (χ0n) is 19.1. The van der Waals surface area contributed by atoms with Crippen molar-refractivity contribution in [2.75, 3.05) is 6.54 Å². The Kier molecular flexibility index (Phi) is 5.45. The van der Waals surface area contributed by atoms with E-state index in [4.69, 9.17) is 16.3 Å². The molecule has 2 fully saturated rings. The molecule has 2 saturated heterocycles. The third-order valence-corrected chi connectivity index (χ3v) is 7.58. The average Bonchev–Trinajstić information content (AvgIpc) is 3.42. The number of benzene rings is 1. The van der Waals surface area contributed by atoms with Gasteiger partial charge in [-0.15, -0.1) is 0 Å². The van der Waals surface area contributed by atoms with E-state index in [1.807, 2.05) is 0 Å². The second-order valence-electron chi connectivity index (χ2n) is 9.60. The number of hydrogen-bond acceptors (Lipinski definition) is 5. The zero-order chi connectivity index (χ0) is 23.4. The summed E-state index contributed by atoms with van der Waals surface area (Å²) in [4.78, 5) is 22.2. The summed E-state index contributed by atoms with van der Waals surface area (Å²) in [6.07, 6.45) is 8.63. The highest BCUT2D eigenvalue weighted by Gasteiger charge is 2.41. The van der Waals surface area contributed by atoms with Crippen molar-refractivity contribution in [1.82, 2.24) is 24.4 Å². The molecule has 2 aromatic heterocycles. The molecule has 2 atom stereocenters. The number of carbonyl (C=O) groups excluding carboxylic acids is 1. The van der Waals surface area contributed by atoms with Gasteiger partial charge in [0.15, 0.2) is 5.65 Å². The number of hydrogen-bond donors (Lipinski definition) is 0. The highest BCUT2D eigenvalue weighted by molar-refractivity contribution is 6.30. The number of aromatic nitrogens is 3. The van der Waals surface area contributed by atoms with Crippen molar-refractivity contribution in [3.05, 3.63) is 58.3 Å². The van der Waals surface area contributed by atoms with Gasteiger partial charge in [-0.25, -0.2) is 13.9 Å². The summed E-state index contributed by atoms with van der Waals surface area (Å²) >= 11 is 6.02. The molecule has 9 heteroatoms. The van der Waals surface area contributed by atoms with Crippen molar-refractivity contribution in [3.63, 3.8) is 0 Å². The van der Waals surface area contributed by atoms with Crippen molar-refractivity contribution in [2.45, 2.75) is 70.3 Å². The van der Waals surface area contributed by atoms with Crippen LogP contribution in [0, 0.1) is 5.82 Å². The average molecular weight is 484 g/mol. The predicted octanol–water partition coefficient (Wildman–Crippen LogP) is 4.46. The van der Waals surface area contributed by atoms with Gasteiger partial charge >= 0.3 is 0 Å². The van der Waals surface area contributed by atoms with E-state index in [9.17, 15) is 9.18 Å². The molecule has 1 aromatic carbocycles. The molecule has 2 bridgehead atoms. The Hall–Kier alpha value is -2.71. The van der Waals surface area contributed by atoms with Crippen LogP contribution in [-0.2, 0) is 13.1 Å². The summed E-state index contributed by atoms with van der Waals surface area (Å²) in [6.45, 7) is 4.09. The Morgan fingerprint density at radius 1 is 1.24 bits per heavy atom. The Balaban J connectivity index is 1.21. The highest BCUT2D eigenvalue weighted by atomic mass is 35.5. The molecule has 34 heavy (non-hydrogen) atoms. The monoisotopic (exact) mass is 483 g/mol. The Labute approximate surface area is 202 Å². The number of rotatable bonds is 5. The molecule has 5 heterocycles. The maximum absolute atomic E-state index is 14.2. The van der Waals surface area contributed by atoms with Crippen molar-refractivity contribution in [2.24, 2.45) is 0 Å². The molecule has 0 saturated carbocycles. The van der Waals surface area contributed by atoms with Crippen LogP contribution in [0.4, 0.5) is 4.39 Å². The molecule has 1 amide bonds. The van der Waals surface area contributed by atoms with E-state index in [1.165, 1.54) is 31.0 Å². The summed E-state index contributed by atoms with van der Waals surface area (Å²) in [6, 6.07) is 5.24. The first-order valence-corrected chi connectivity index (χ1v) is 12.4. The van der Waals surface area contributed by atoms with Crippen LogP contribution < -0.4 is 4.74 Å². The number of halogens is 2. The number of nitrogens with zero attached hydrogens (tertiary/aromatic N) is 5. The molecule has 7 nitrogen and oxygen atoms in total. The van der Waals surface area contributed by atoms with Crippen molar-refractivity contribution >= 4 is 23.2 Å². The van der Waals surface area contributed by atoms with Gasteiger partial charge in [0.25, 0.3) is 5.91 Å². The highest BCUT2D eigenvalue weighted by Crippen LogP contribution is 2.38. The normalized spacial score (nSPS) is 24.1. The molecule has 0 spiro atoms. The lowest BCUT2D eigenvalue weighted by Gasteiger charge is -2.39. The smallest absolute Gasteiger partial charge is 0.258 e. The molecule has 0 aliphatic carbocycles. The minimum Gasteiger partial charge on any atom is -0.489 e. The first kappa shape index (κ1) is 21.8. The molecule has 3 aliphatic rings. The third kappa shape index (κ3) is 3.73. The minimum absolute atomic E-state index is 0.00658. The molecule has 0 radical (unpaired) electrons. The van der Waals surface area contributed by atoms with Gasteiger partial charge in [-0.2, -0.15) is 5.10 Å². The van der Waals surface area contributed by atoms with Crippen molar-refractivity contribution in [1.29, 1.82) is 0 Å². The summed E-state index contributed by atoms with van der Waals surface area (Å²) in [5.41, 5.74) is 2.80. The van der Waals surface area contributed by atoms with Gasteiger partial charge in [0.1, 0.15) is 17.7 Å². The summed E-state index contributed by atoms with van der Waals surface area (Å²) < 4.78 is 22.2. The second kappa shape index (κ2) is 8.50. The zero-order valence-corrected chi connectivity index (χ0v) is 19.8. The number of carbonyl (C=O) groups is 1. The molecule has 3 aromatic rings. The lowest BCUT2D eigenvalue weighted by atomic mass is 9.99. The van der Waals surface area contributed by atoms with Crippen LogP contribution >= 0.6 is 11.6 Å². The van der Waals surface area contributed by atoms with Crippen molar-refractivity contribution in [3.8, 4) is 5.75 Å². The van der Waals surface area contributed by atoms with Gasteiger partial charge in [0, 0.05) is 29.9 Å². The van der Waals surface area contributed by atoms with Gasteiger partial charge in [-0.1, -0.05) is 18.5 Å². The van der Waals surface area contributed by atoms with Crippen LogP contribution in [0.5, 0.6) is 5.75 Å². The van der Waals surface area contributed by atoms with Crippen LogP contribution in [0.25, 0.3) is 5.65 Å². The third-order valence-electron chi connectivity index (χ3n) is 7.39. The summed E-state index contributed by atoms with van der Waals surface area (Å²) in [5.74, 6) is -0.255. The van der Waals surface area contributed by atoms with Gasteiger partial charge in [-0.05, 0) is 50.8 Å². The first-order valence-electron chi connectivity index (χ1n) is 12.0. The molecular formula is C25H27ClFN5O2. The number of piperidine rings is 1. The van der Waals surface area contributed by atoms with E-state index >= 15 is 0 Å². The molecule has 0 N–H and O–H groups in total. The Bertz CT molecular complexity index is 1250. The molecule has 3 aliphatic heterocycles. The van der Waals surface area contributed by atoms with E-state index in [1.54, 1.807) is 21.8 Å². The standard InChI is InChI=1S/C25H27ClFN5O2/c1-2-7-31-17-4-5-18(31)10-19(9-17)34-23-8-16(27)3-6-20(23)25(33)30-13-21-22(14-30)29-32-12-15(26)11-28-24(21)32/h3,6,8,11-12,17-19H,2,4-5,7,9-10,13-14H2,1H3. The fourth-order valence-corrected chi connectivity index (χ4v) is 6.07. The maximum Gasteiger partial charge on any atom is 0.258 e. The van der Waals surface area contributed by atoms with Crippen LogP contribution in [0.15, 0.2) is 30.6 Å². The van der Waals surface area contributed by atoms with Crippen LogP contribution in [-0.4, -0.2) is 55.0 Å². The van der Waals surface area contributed by atoms with E-state index in [2.05, 4.69) is 21.9 Å². The van der Waals surface area contributed by atoms with Crippen LogP contribution in [0.2, 0.25) is 5.02 Å². The SMILES string of the molecule is CCCN1C2CCC1CC(Oc1cc(F)ccc1C(=O)N1Cc3nn4cc(Cl)cnc4c3C1)C2. The van der Waals surface area contributed by atoms with E-state index in [0.29, 0.717) is 47.2 Å². The maximum atomic E-state index is 14.2. The second-order valence-corrected chi connectivity index (χ2v) is 10.0. The van der Waals surface area contributed by atoms with E-state index in [-0.39, 0.29) is 12.0 Å². The summed E-state index contributed by atoms with van der Waals surface area (Å²) in [7, 11) is 0. The fourth-order valence-electron chi connectivity index (χ4n) is 5.93. The molecule has 2 unspecified atom stereocenters. The number of amides is 1. The number of fused-ring (bicyclic) bond motifs is 5. The Morgan fingerprint density at radius 2 is 2.03 bits per heavy atom. The first-order chi connectivity index (χ1) is 16.5. The summed E-state index contributed by atoms with van der Waals surface area (Å²) in [5, 5.41) is 5.04. The molecular weight excluding hydrogens is 457 g/mol. The van der Waals surface area contributed by atoms with Crippen LogP contribution in [0.1, 0.15) is 60.6 Å². The Morgan fingerprint density at radius 3 is 2.79 bits per heavy atom. The van der Waals surface area contributed by atoms with Gasteiger partial charge < -0.3 is 9.64 Å². The van der Waals surface area contributed by atoms with Crippen LogP contribution in [0.3, 0.4) is 0 Å². The lowest BCUT2D eigenvalue weighted by molar-refractivity contribution is 0.0479. The molecule has 6 rings (SSSR count). The van der Waals surface area contributed by atoms with Gasteiger partial charge in [-0.3, -0.25) is 9.69 Å². The van der Waals surface area contributed by atoms with Gasteiger partial charge in [0.2, 0.25) is 0 Å². The molecule has 178 valence electrons. The minimum atomic E-state index is -0.401. The van der Waals surface area contributed by atoms with E-state index < -0.39 is 5.82 Å². The topological polar surface area (TPSA) is 63.0 Å². The predicted molar refractivity (Wildman–Crippen MR) is 125 cm³/mol. The number of ether oxygens (including phenoxy) is 1.